The first-order chi connectivity index (χ1) is 23.1. The van der Waals surface area contributed by atoms with Crippen LogP contribution in [0.2, 0.25) is 0 Å². The van der Waals surface area contributed by atoms with Gasteiger partial charge in [-0.3, -0.25) is 9.59 Å². The molecule has 2 saturated heterocycles. The van der Waals surface area contributed by atoms with Crippen LogP contribution in [0.3, 0.4) is 0 Å². The number of carbonyl (C=O) groups excluding carboxylic acids is 2. The number of aliphatic hydroxyl groups is 1. The first-order valence-electron chi connectivity index (χ1n) is 19.0. The van der Waals surface area contributed by atoms with Crippen molar-refractivity contribution in [3.8, 4) is 0 Å². The summed E-state index contributed by atoms with van der Waals surface area (Å²) in [5.41, 5.74) is 0.387. The third-order valence-corrected chi connectivity index (χ3v) is 16.4. The molecule has 7 nitrogen and oxygen atoms in total. The van der Waals surface area contributed by atoms with E-state index in [-0.39, 0.29) is 75.6 Å². The van der Waals surface area contributed by atoms with E-state index in [4.69, 9.17) is 9.47 Å². The van der Waals surface area contributed by atoms with Gasteiger partial charge in [-0.15, -0.1) is 0 Å². The zero-order chi connectivity index (χ0) is 34.9. The van der Waals surface area contributed by atoms with E-state index in [9.17, 15) is 23.5 Å². The molecule has 2 heterocycles. The molecule has 2 aliphatic heterocycles. The lowest BCUT2D eigenvalue weighted by molar-refractivity contribution is -0.195. The zero-order valence-electron chi connectivity index (χ0n) is 30.2. The summed E-state index contributed by atoms with van der Waals surface area (Å²) in [4.78, 5) is 27.3. The molecule has 7 fully saturated rings. The van der Waals surface area contributed by atoms with Gasteiger partial charge in [-0.1, -0.05) is 34.6 Å². The fourth-order valence-corrected chi connectivity index (χ4v) is 13.9. The molecule has 8 rings (SSSR count). The Morgan fingerprint density at radius 3 is 2.33 bits per heavy atom. The first-order valence-corrected chi connectivity index (χ1v) is 19.0. The van der Waals surface area contributed by atoms with E-state index in [1.807, 2.05) is 0 Å². The predicted molar refractivity (Wildman–Crippen MR) is 180 cm³/mol. The first kappa shape index (κ1) is 34.0. The Morgan fingerprint density at radius 1 is 1.00 bits per heavy atom. The van der Waals surface area contributed by atoms with Gasteiger partial charge in [0.15, 0.2) is 0 Å². The molecule has 2 N–H and O–H groups in total. The Kier molecular flexibility index (Phi) is 7.77. The van der Waals surface area contributed by atoms with E-state index >= 15 is 0 Å². The number of fused-ring (bicyclic) bond motifs is 4. The van der Waals surface area contributed by atoms with Crippen molar-refractivity contribution < 1.29 is 33.0 Å². The zero-order valence-corrected chi connectivity index (χ0v) is 30.2. The summed E-state index contributed by atoms with van der Waals surface area (Å²) in [5.74, 6) is -0.133. The predicted octanol–water partition coefficient (Wildman–Crippen LogP) is 6.26. The van der Waals surface area contributed by atoms with Crippen molar-refractivity contribution in [3.63, 3.8) is 0 Å². The Labute approximate surface area is 290 Å². The number of carbonyl (C=O) groups is 2. The van der Waals surface area contributed by atoms with Crippen LogP contribution in [-0.4, -0.2) is 65.9 Å². The number of hydrogen-bond acceptors (Lipinski definition) is 6. The Balaban J connectivity index is 1.02. The van der Waals surface area contributed by atoms with Crippen LogP contribution in [0.4, 0.5) is 8.78 Å². The van der Waals surface area contributed by atoms with E-state index in [2.05, 4.69) is 39.9 Å². The highest BCUT2D eigenvalue weighted by molar-refractivity contribution is 5.74. The monoisotopic (exact) mass is 682 g/mol. The molecule has 12 atom stereocenters. The fraction of sp³-hybridized carbons (Fsp3) is 0.800. The minimum absolute atomic E-state index is 0.00852. The van der Waals surface area contributed by atoms with Gasteiger partial charge in [0.25, 0.3) is 0 Å². The summed E-state index contributed by atoms with van der Waals surface area (Å²) in [6.07, 6.45) is 7.18. The van der Waals surface area contributed by atoms with Crippen LogP contribution in [0.15, 0.2) is 18.2 Å². The lowest BCUT2D eigenvalue weighted by atomic mass is 9.41. The number of nitrogens with one attached hydrogen (secondary N) is 1. The maximum Gasteiger partial charge on any atom is 0.311 e. The average molecular weight is 683 g/mol. The number of ether oxygens (including phenoxy) is 2. The number of nitrogens with zero attached hydrogens (tertiary/aromatic N) is 1. The minimum atomic E-state index is -0.659. The van der Waals surface area contributed by atoms with Crippen LogP contribution in [0.5, 0.6) is 0 Å². The van der Waals surface area contributed by atoms with Crippen molar-refractivity contribution in [1.82, 2.24) is 10.2 Å². The molecule has 1 aromatic rings. The smallest absolute Gasteiger partial charge is 0.311 e. The van der Waals surface area contributed by atoms with Gasteiger partial charge in [-0.2, -0.15) is 0 Å². The fourth-order valence-electron chi connectivity index (χ4n) is 13.9. The van der Waals surface area contributed by atoms with Gasteiger partial charge in [0, 0.05) is 50.0 Å². The van der Waals surface area contributed by atoms with Crippen molar-refractivity contribution >= 4 is 11.9 Å². The summed E-state index contributed by atoms with van der Waals surface area (Å²) in [7, 11) is 0. The number of benzene rings is 1. The molecular weight excluding hydrogens is 626 g/mol. The molecule has 49 heavy (non-hydrogen) atoms. The van der Waals surface area contributed by atoms with Crippen molar-refractivity contribution in [1.29, 1.82) is 0 Å². The molecule has 0 bridgehead atoms. The second-order valence-corrected chi connectivity index (χ2v) is 18.6. The largest absolute Gasteiger partial charge is 0.462 e. The van der Waals surface area contributed by atoms with Gasteiger partial charge >= 0.3 is 5.97 Å². The second kappa shape index (κ2) is 11.2. The molecule has 5 aliphatic carbocycles. The number of esters is 1. The Bertz CT molecular complexity index is 1510. The van der Waals surface area contributed by atoms with Crippen molar-refractivity contribution in [2.75, 3.05) is 19.6 Å². The summed E-state index contributed by atoms with van der Waals surface area (Å²) >= 11 is 0. The summed E-state index contributed by atoms with van der Waals surface area (Å²) in [6, 6.07) is 3.39. The van der Waals surface area contributed by atoms with Crippen molar-refractivity contribution in [2.45, 2.75) is 124 Å². The highest BCUT2D eigenvalue weighted by atomic mass is 19.1. The molecule has 270 valence electrons. The highest BCUT2D eigenvalue weighted by Crippen LogP contribution is 2.89. The second-order valence-electron chi connectivity index (χ2n) is 18.6. The average Bonchev–Trinajstić information content (AvgIpc) is 3.61. The molecule has 9 heteroatoms. The SMILES string of the molecule is CC(=O)N(Cc1cc(F)cc(F)c1)CC1CC(C)C2C(O1)C(O)C1(C)C3CCC4C(C)(C)C(OC(=O)C5CNC5)CCC45CC35CCC21C. The maximum atomic E-state index is 14.0. The van der Waals surface area contributed by atoms with E-state index in [0.29, 0.717) is 29.9 Å². The van der Waals surface area contributed by atoms with Crippen LogP contribution in [-0.2, 0) is 25.6 Å². The lowest BCUT2D eigenvalue weighted by Gasteiger charge is -2.63. The molecule has 1 aromatic carbocycles. The van der Waals surface area contributed by atoms with Crippen LogP contribution in [0.25, 0.3) is 0 Å². The molecule has 2 spiro atoms. The standard InChI is InChI=1S/C40H56F2N2O5/c1-22-13-28(20-44(23(2)45)19-24-14-26(41)16-27(42)15-24)48-33-32(22)37(5)11-12-40-21-39(40)10-9-31(49-35(47)25-17-43-18-25)36(3,4)29(39)7-8-30(40)38(37,6)34(33)46/h14-16,22,25,28-34,43,46H,7-13,17-21H2,1-6H3. The van der Waals surface area contributed by atoms with Gasteiger partial charge in [-0.05, 0) is 109 Å². The van der Waals surface area contributed by atoms with Gasteiger partial charge in [-0.25, -0.2) is 8.78 Å². The molecule has 12 unspecified atom stereocenters. The van der Waals surface area contributed by atoms with Crippen LogP contribution in [0.1, 0.15) is 98.5 Å². The summed E-state index contributed by atoms with van der Waals surface area (Å²) in [5, 5.41) is 15.8. The molecule has 0 radical (unpaired) electrons. The lowest BCUT2D eigenvalue weighted by Crippen LogP contribution is -2.60. The third kappa shape index (κ3) is 4.65. The molecule has 1 amide bonds. The Morgan fingerprint density at radius 2 is 1.67 bits per heavy atom. The highest BCUT2D eigenvalue weighted by Gasteiger charge is 2.84. The van der Waals surface area contributed by atoms with E-state index in [1.54, 1.807) is 4.90 Å². The van der Waals surface area contributed by atoms with Gasteiger partial charge < -0.3 is 24.8 Å². The molecule has 0 aromatic heterocycles. The summed E-state index contributed by atoms with van der Waals surface area (Å²) in [6.45, 7) is 15.2. The van der Waals surface area contributed by atoms with E-state index in [1.165, 1.54) is 31.9 Å². The van der Waals surface area contributed by atoms with E-state index < -0.39 is 17.7 Å². The van der Waals surface area contributed by atoms with Crippen LogP contribution in [0, 0.1) is 68.3 Å². The van der Waals surface area contributed by atoms with Gasteiger partial charge in [0.2, 0.25) is 5.91 Å². The van der Waals surface area contributed by atoms with Gasteiger partial charge in [0.1, 0.15) is 17.7 Å². The number of hydrogen-bond donors (Lipinski definition) is 2. The number of halogens is 2. The van der Waals surface area contributed by atoms with Gasteiger partial charge in [0.05, 0.1) is 24.2 Å². The summed E-state index contributed by atoms with van der Waals surface area (Å²) < 4.78 is 41.1. The van der Waals surface area contributed by atoms with Crippen LogP contribution >= 0.6 is 0 Å². The number of aliphatic hydroxyl groups excluding tert-OH is 1. The minimum Gasteiger partial charge on any atom is -0.462 e. The third-order valence-electron chi connectivity index (χ3n) is 16.4. The molecular formula is C40H56F2N2O5. The van der Waals surface area contributed by atoms with Crippen molar-refractivity contribution in [2.24, 2.45) is 56.7 Å². The van der Waals surface area contributed by atoms with Crippen LogP contribution < -0.4 is 5.32 Å². The number of rotatable bonds is 6. The number of amides is 1. The quantitative estimate of drug-likeness (QED) is 0.345. The Hall–Kier alpha value is -2.10. The van der Waals surface area contributed by atoms with Crippen molar-refractivity contribution in [3.05, 3.63) is 35.4 Å². The topological polar surface area (TPSA) is 88.1 Å². The molecule has 5 saturated carbocycles. The normalized spacial score (nSPS) is 46.2. The maximum absolute atomic E-state index is 14.0. The molecule has 7 aliphatic rings. The van der Waals surface area contributed by atoms with E-state index in [0.717, 1.165) is 57.7 Å².